The van der Waals surface area contributed by atoms with Gasteiger partial charge in [0.25, 0.3) is 11.8 Å². The van der Waals surface area contributed by atoms with E-state index in [1.165, 1.54) is 37.0 Å². The van der Waals surface area contributed by atoms with Gasteiger partial charge in [0.05, 0.1) is 29.4 Å². The Hall–Kier alpha value is -3.41. The van der Waals surface area contributed by atoms with Gasteiger partial charge in [-0.3, -0.25) is 19.5 Å². The van der Waals surface area contributed by atoms with Crippen molar-refractivity contribution in [2.45, 2.75) is 64.0 Å². The summed E-state index contributed by atoms with van der Waals surface area (Å²) in [4.78, 5) is 34.9. The van der Waals surface area contributed by atoms with Crippen LogP contribution in [0.25, 0.3) is 10.9 Å². The molecule has 4 bridgehead atoms. The molecule has 0 radical (unpaired) electrons. The van der Waals surface area contributed by atoms with E-state index in [0.29, 0.717) is 35.5 Å². The number of nitrogens with zero attached hydrogens (tertiary/aromatic N) is 3. The predicted octanol–water partition coefficient (Wildman–Crippen LogP) is 6.34. The second-order valence-electron chi connectivity index (χ2n) is 12.3. The Labute approximate surface area is 230 Å². The lowest BCUT2D eigenvalue weighted by Gasteiger charge is -2.59. The number of fused-ring (bicyclic) bond motifs is 2. The summed E-state index contributed by atoms with van der Waals surface area (Å²) in [6, 6.07) is 16.3. The van der Waals surface area contributed by atoms with Crippen molar-refractivity contribution in [1.82, 2.24) is 9.88 Å². The molecule has 1 aliphatic heterocycles. The van der Waals surface area contributed by atoms with Crippen molar-refractivity contribution in [2.75, 3.05) is 18.6 Å². The van der Waals surface area contributed by atoms with Gasteiger partial charge in [-0.2, -0.15) is 0 Å². The van der Waals surface area contributed by atoms with Crippen LogP contribution in [0.2, 0.25) is 0 Å². The number of anilines is 1. The van der Waals surface area contributed by atoms with E-state index < -0.39 is 0 Å². The zero-order valence-corrected chi connectivity index (χ0v) is 22.9. The number of aromatic nitrogens is 1. The standard InChI is InChI=1S/C33H37N3O3/c1-20(7-6-12-35-32(37)27-9-3-4-10-28(27)33(35)38)36(31-24-14-21-13-22(16-24)17-25(31)15-21)29-19-26(39-2)18-23-8-5-11-34-30(23)29/h3-5,8-11,18-22,24-25,31H,6-7,12-17H2,1-2H3. The molecular formula is C33H37N3O3. The Morgan fingerprint density at radius 3 is 2.26 bits per heavy atom. The highest BCUT2D eigenvalue weighted by molar-refractivity contribution is 6.21. The first-order valence-electron chi connectivity index (χ1n) is 14.7. The lowest BCUT2D eigenvalue weighted by Crippen LogP contribution is -2.58. The van der Waals surface area contributed by atoms with E-state index in [9.17, 15) is 9.59 Å². The van der Waals surface area contributed by atoms with Crippen molar-refractivity contribution in [2.24, 2.45) is 23.7 Å². The van der Waals surface area contributed by atoms with Gasteiger partial charge in [-0.05, 0) is 99.8 Å². The number of pyridine rings is 1. The molecule has 6 nitrogen and oxygen atoms in total. The number of amides is 2. The molecule has 0 N–H and O–H groups in total. The molecule has 6 heteroatoms. The highest BCUT2D eigenvalue weighted by atomic mass is 16.5. The number of methoxy groups -OCH3 is 1. The molecule has 0 saturated heterocycles. The highest BCUT2D eigenvalue weighted by Crippen LogP contribution is 2.56. The number of imide groups is 1. The van der Waals surface area contributed by atoms with E-state index in [4.69, 9.17) is 9.72 Å². The van der Waals surface area contributed by atoms with Gasteiger partial charge in [0.1, 0.15) is 5.75 Å². The summed E-state index contributed by atoms with van der Waals surface area (Å²) >= 11 is 0. The monoisotopic (exact) mass is 523 g/mol. The van der Waals surface area contributed by atoms with Crippen LogP contribution in [0, 0.1) is 23.7 Å². The first kappa shape index (κ1) is 24.6. The number of carbonyl (C=O) groups is 2. The predicted molar refractivity (Wildman–Crippen MR) is 152 cm³/mol. The number of ether oxygens (including phenoxy) is 1. The number of rotatable bonds is 8. The van der Waals surface area contributed by atoms with Crippen molar-refractivity contribution < 1.29 is 14.3 Å². The van der Waals surface area contributed by atoms with Crippen molar-refractivity contribution in [3.63, 3.8) is 0 Å². The Balaban J connectivity index is 1.19. The van der Waals surface area contributed by atoms with Crippen LogP contribution in [0.3, 0.4) is 0 Å². The minimum absolute atomic E-state index is 0.163. The molecule has 2 heterocycles. The summed E-state index contributed by atoms with van der Waals surface area (Å²) in [5, 5.41) is 1.10. The maximum Gasteiger partial charge on any atom is 0.261 e. The second-order valence-corrected chi connectivity index (χ2v) is 12.3. The van der Waals surface area contributed by atoms with E-state index in [0.717, 1.165) is 47.0 Å². The molecule has 0 spiro atoms. The Morgan fingerprint density at radius 2 is 1.62 bits per heavy atom. The molecule has 39 heavy (non-hydrogen) atoms. The fraction of sp³-hybridized carbons (Fsp3) is 0.485. The largest absolute Gasteiger partial charge is 0.497 e. The van der Waals surface area contributed by atoms with E-state index in [1.54, 1.807) is 19.2 Å². The third kappa shape index (κ3) is 4.11. The molecule has 4 fully saturated rings. The average Bonchev–Trinajstić information content (AvgIpc) is 3.19. The molecule has 1 aromatic heterocycles. The van der Waals surface area contributed by atoms with Gasteiger partial charge >= 0.3 is 0 Å². The van der Waals surface area contributed by atoms with Crippen LogP contribution in [-0.2, 0) is 0 Å². The SMILES string of the molecule is COc1cc(N(C(C)CCCN2C(=O)c3ccccc3C2=O)C2C3CC4CC(C3)CC2C4)c2ncccc2c1. The van der Waals surface area contributed by atoms with Crippen LogP contribution < -0.4 is 9.64 Å². The number of hydrogen-bond donors (Lipinski definition) is 0. The minimum atomic E-state index is -0.163. The summed E-state index contributed by atoms with van der Waals surface area (Å²) in [5.74, 6) is 3.76. The van der Waals surface area contributed by atoms with E-state index in [2.05, 4.69) is 30.0 Å². The zero-order chi connectivity index (χ0) is 26.7. The lowest BCUT2D eigenvalue weighted by atomic mass is 9.53. The normalized spacial score (nSPS) is 27.7. The van der Waals surface area contributed by atoms with Gasteiger partial charge in [0.2, 0.25) is 0 Å². The Bertz CT molecular complexity index is 1370. The third-order valence-electron chi connectivity index (χ3n) is 10.0. The molecule has 8 rings (SSSR count). The van der Waals surface area contributed by atoms with Crippen LogP contribution in [0.4, 0.5) is 5.69 Å². The van der Waals surface area contributed by atoms with Gasteiger partial charge in [-0.15, -0.1) is 0 Å². The van der Waals surface area contributed by atoms with E-state index in [-0.39, 0.29) is 17.9 Å². The smallest absolute Gasteiger partial charge is 0.261 e. The summed E-state index contributed by atoms with van der Waals surface area (Å²) < 4.78 is 5.77. The van der Waals surface area contributed by atoms with Crippen LogP contribution in [0.5, 0.6) is 5.75 Å². The lowest BCUT2D eigenvalue weighted by molar-refractivity contribution is -0.00532. The molecular weight excluding hydrogens is 486 g/mol. The molecule has 3 aromatic rings. The maximum absolute atomic E-state index is 12.9. The molecule has 4 aliphatic carbocycles. The van der Waals surface area contributed by atoms with Crippen molar-refractivity contribution in [3.8, 4) is 5.75 Å². The average molecular weight is 524 g/mol. The molecule has 1 atom stereocenters. The summed E-state index contributed by atoms with van der Waals surface area (Å²) in [5.41, 5.74) is 3.24. The summed E-state index contributed by atoms with van der Waals surface area (Å²) in [6.07, 6.45) is 10.3. The topological polar surface area (TPSA) is 62.7 Å². The molecule has 5 aliphatic rings. The van der Waals surface area contributed by atoms with Gasteiger partial charge in [-0.1, -0.05) is 18.2 Å². The number of benzene rings is 2. The molecule has 1 unspecified atom stereocenters. The van der Waals surface area contributed by atoms with Crippen molar-refractivity contribution >= 4 is 28.4 Å². The molecule has 4 saturated carbocycles. The van der Waals surface area contributed by atoms with Crippen molar-refractivity contribution in [1.29, 1.82) is 0 Å². The quantitative estimate of drug-likeness (QED) is 0.323. The van der Waals surface area contributed by atoms with Gasteiger partial charge in [-0.25, -0.2) is 0 Å². The van der Waals surface area contributed by atoms with Gasteiger partial charge in [0.15, 0.2) is 0 Å². The first-order valence-corrected chi connectivity index (χ1v) is 14.7. The minimum Gasteiger partial charge on any atom is -0.497 e. The van der Waals surface area contributed by atoms with E-state index in [1.807, 2.05) is 24.4 Å². The first-order chi connectivity index (χ1) is 19.0. The molecule has 2 aromatic carbocycles. The van der Waals surface area contributed by atoms with Crippen LogP contribution in [-0.4, -0.2) is 47.4 Å². The Kier molecular flexibility index (Phi) is 6.09. The van der Waals surface area contributed by atoms with Crippen molar-refractivity contribution in [3.05, 3.63) is 65.9 Å². The van der Waals surface area contributed by atoms with E-state index >= 15 is 0 Å². The summed E-state index contributed by atoms with van der Waals surface area (Å²) in [7, 11) is 1.74. The summed E-state index contributed by atoms with van der Waals surface area (Å²) in [6.45, 7) is 2.77. The number of hydrogen-bond acceptors (Lipinski definition) is 5. The highest BCUT2D eigenvalue weighted by Gasteiger charge is 2.51. The van der Waals surface area contributed by atoms with Crippen LogP contribution in [0.15, 0.2) is 54.7 Å². The number of carbonyl (C=O) groups excluding carboxylic acids is 2. The molecule has 2 amide bonds. The Morgan fingerprint density at radius 1 is 0.949 bits per heavy atom. The van der Waals surface area contributed by atoms with Gasteiger partial charge in [0, 0.05) is 36.3 Å². The van der Waals surface area contributed by atoms with Crippen LogP contribution in [0.1, 0.15) is 72.6 Å². The van der Waals surface area contributed by atoms with Crippen LogP contribution >= 0.6 is 0 Å². The fourth-order valence-electron chi connectivity index (χ4n) is 8.63. The zero-order valence-electron chi connectivity index (χ0n) is 22.9. The maximum atomic E-state index is 12.9. The third-order valence-corrected chi connectivity index (χ3v) is 10.0. The van der Waals surface area contributed by atoms with Gasteiger partial charge < -0.3 is 9.64 Å². The molecule has 202 valence electrons. The fourth-order valence-corrected chi connectivity index (χ4v) is 8.63. The second kappa shape index (κ2) is 9.65.